The molecule has 0 saturated carbocycles. The number of nitrogens with one attached hydrogen (secondary N) is 1. The zero-order valence-electron chi connectivity index (χ0n) is 13.0. The SMILES string of the molecule is CNC(COc1ccc(C)cc1Cl)c1cc(C)cc(C)c1. The van der Waals surface area contributed by atoms with Crippen LogP contribution in [0.25, 0.3) is 0 Å². The molecule has 2 rings (SSSR count). The molecular weight excluding hydrogens is 282 g/mol. The van der Waals surface area contributed by atoms with Gasteiger partial charge in [-0.15, -0.1) is 0 Å². The van der Waals surface area contributed by atoms with Gasteiger partial charge in [0.25, 0.3) is 0 Å². The molecule has 1 atom stereocenters. The molecule has 0 heterocycles. The fourth-order valence-electron chi connectivity index (χ4n) is 2.45. The van der Waals surface area contributed by atoms with Crippen molar-refractivity contribution in [2.75, 3.05) is 13.7 Å². The highest BCUT2D eigenvalue weighted by molar-refractivity contribution is 6.32. The van der Waals surface area contributed by atoms with Gasteiger partial charge in [-0.3, -0.25) is 0 Å². The topological polar surface area (TPSA) is 21.3 Å². The van der Waals surface area contributed by atoms with Crippen LogP contribution < -0.4 is 10.1 Å². The van der Waals surface area contributed by atoms with Crippen LogP contribution in [-0.2, 0) is 0 Å². The van der Waals surface area contributed by atoms with Crippen molar-refractivity contribution in [2.45, 2.75) is 26.8 Å². The highest BCUT2D eigenvalue weighted by atomic mass is 35.5. The van der Waals surface area contributed by atoms with Crippen molar-refractivity contribution in [1.29, 1.82) is 0 Å². The number of hydrogen-bond acceptors (Lipinski definition) is 2. The second kappa shape index (κ2) is 6.97. The molecule has 2 aromatic carbocycles. The molecule has 2 aromatic rings. The number of halogens is 1. The fraction of sp³-hybridized carbons (Fsp3) is 0.333. The Bertz CT molecular complexity index is 604. The summed E-state index contributed by atoms with van der Waals surface area (Å²) >= 11 is 6.21. The van der Waals surface area contributed by atoms with Crippen molar-refractivity contribution in [3.63, 3.8) is 0 Å². The van der Waals surface area contributed by atoms with E-state index in [1.807, 2.05) is 32.2 Å². The predicted octanol–water partition coefficient (Wildman–Crippen LogP) is 4.60. The third-order valence-corrected chi connectivity index (χ3v) is 3.78. The largest absolute Gasteiger partial charge is 0.490 e. The Hall–Kier alpha value is -1.51. The van der Waals surface area contributed by atoms with E-state index in [1.165, 1.54) is 16.7 Å². The second-order valence-corrected chi connectivity index (χ2v) is 5.91. The Morgan fingerprint density at radius 3 is 2.24 bits per heavy atom. The van der Waals surface area contributed by atoms with E-state index in [0.717, 1.165) is 11.3 Å². The fourth-order valence-corrected chi connectivity index (χ4v) is 2.74. The molecule has 0 saturated heterocycles. The molecular formula is C18H22ClNO. The van der Waals surface area contributed by atoms with Gasteiger partial charge in [0, 0.05) is 0 Å². The molecule has 0 spiro atoms. The van der Waals surface area contributed by atoms with E-state index < -0.39 is 0 Å². The predicted molar refractivity (Wildman–Crippen MR) is 89.4 cm³/mol. The first kappa shape index (κ1) is 15.9. The van der Waals surface area contributed by atoms with Crippen LogP contribution in [0.2, 0.25) is 5.02 Å². The summed E-state index contributed by atoms with van der Waals surface area (Å²) in [7, 11) is 1.95. The molecule has 0 amide bonds. The van der Waals surface area contributed by atoms with Crippen LogP contribution in [0.3, 0.4) is 0 Å². The first-order chi connectivity index (χ1) is 9.99. The number of benzene rings is 2. The third-order valence-electron chi connectivity index (χ3n) is 3.49. The maximum Gasteiger partial charge on any atom is 0.138 e. The average molecular weight is 304 g/mol. The molecule has 0 fully saturated rings. The van der Waals surface area contributed by atoms with E-state index in [0.29, 0.717) is 11.6 Å². The number of hydrogen-bond donors (Lipinski definition) is 1. The molecule has 0 aromatic heterocycles. The van der Waals surface area contributed by atoms with Crippen LogP contribution in [0, 0.1) is 20.8 Å². The van der Waals surface area contributed by atoms with Gasteiger partial charge in [-0.2, -0.15) is 0 Å². The zero-order valence-corrected chi connectivity index (χ0v) is 13.8. The summed E-state index contributed by atoms with van der Waals surface area (Å²) < 4.78 is 5.88. The van der Waals surface area contributed by atoms with Gasteiger partial charge >= 0.3 is 0 Å². The summed E-state index contributed by atoms with van der Waals surface area (Å²) in [4.78, 5) is 0. The molecule has 2 nitrogen and oxygen atoms in total. The average Bonchev–Trinajstić information content (AvgIpc) is 2.40. The summed E-state index contributed by atoms with van der Waals surface area (Å²) in [5.41, 5.74) is 4.89. The van der Waals surface area contributed by atoms with Crippen molar-refractivity contribution in [2.24, 2.45) is 0 Å². The van der Waals surface area contributed by atoms with Crippen molar-refractivity contribution in [3.05, 3.63) is 63.7 Å². The minimum Gasteiger partial charge on any atom is -0.490 e. The number of likely N-dealkylation sites (N-methyl/N-ethyl adjacent to an activating group) is 1. The first-order valence-electron chi connectivity index (χ1n) is 7.14. The van der Waals surface area contributed by atoms with Gasteiger partial charge in [-0.05, 0) is 51.1 Å². The zero-order chi connectivity index (χ0) is 15.4. The Balaban J connectivity index is 2.12. The lowest BCUT2D eigenvalue weighted by atomic mass is 10.0. The molecule has 0 aliphatic carbocycles. The van der Waals surface area contributed by atoms with Gasteiger partial charge in [0.15, 0.2) is 0 Å². The van der Waals surface area contributed by atoms with Gasteiger partial charge < -0.3 is 10.1 Å². The smallest absolute Gasteiger partial charge is 0.138 e. The summed E-state index contributed by atoms with van der Waals surface area (Å²) in [6.07, 6.45) is 0. The Morgan fingerprint density at radius 2 is 1.67 bits per heavy atom. The minimum atomic E-state index is 0.140. The molecule has 1 unspecified atom stereocenters. The summed E-state index contributed by atoms with van der Waals surface area (Å²) in [6, 6.07) is 12.5. The highest BCUT2D eigenvalue weighted by Gasteiger charge is 2.12. The van der Waals surface area contributed by atoms with Crippen LogP contribution in [0.4, 0.5) is 0 Å². The lowest BCUT2D eigenvalue weighted by Crippen LogP contribution is -2.23. The quantitative estimate of drug-likeness (QED) is 0.871. The van der Waals surface area contributed by atoms with Crippen molar-refractivity contribution >= 4 is 11.6 Å². The van der Waals surface area contributed by atoms with Gasteiger partial charge in [0.05, 0.1) is 11.1 Å². The summed E-state index contributed by atoms with van der Waals surface area (Å²) in [5.74, 6) is 0.729. The van der Waals surface area contributed by atoms with Crippen molar-refractivity contribution in [1.82, 2.24) is 5.32 Å². The van der Waals surface area contributed by atoms with Gasteiger partial charge in [-0.25, -0.2) is 0 Å². The van der Waals surface area contributed by atoms with Gasteiger partial charge in [-0.1, -0.05) is 47.0 Å². The van der Waals surface area contributed by atoms with E-state index in [4.69, 9.17) is 16.3 Å². The van der Waals surface area contributed by atoms with Crippen LogP contribution in [0.15, 0.2) is 36.4 Å². The third kappa shape index (κ3) is 4.23. The number of aryl methyl sites for hydroxylation is 3. The van der Waals surface area contributed by atoms with Crippen molar-refractivity contribution in [3.8, 4) is 5.75 Å². The van der Waals surface area contributed by atoms with E-state index in [9.17, 15) is 0 Å². The lowest BCUT2D eigenvalue weighted by Gasteiger charge is -2.19. The number of rotatable bonds is 5. The first-order valence-corrected chi connectivity index (χ1v) is 7.52. The maximum atomic E-state index is 6.21. The Kier molecular flexibility index (Phi) is 5.27. The summed E-state index contributed by atoms with van der Waals surface area (Å²) in [5, 5.41) is 3.96. The Labute approximate surface area is 132 Å². The summed E-state index contributed by atoms with van der Waals surface area (Å²) in [6.45, 7) is 6.78. The van der Waals surface area contributed by atoms with E-state index >= 15 is 0 Å². The molecule has 21 heavy (non-hydrogen) atoms. The lowest BCUT2D eigenvalue weighted by molar-refractivity contribution is 0.273. The van der Waals surface area contributed by atoms with Gasteiger partial charge in [0.2, 0.25) is 0 Å². The molecule has 0 aliphatic rings. The monoisotopic (exact) mass is 303 g/mol. The van der Waals surface area contributed by atoms with Crippen LogP contribution in [-0.4, -0.2) is 13.7 Å². The van der Waals surface area contributed by atoms with Crippen LogP contribution >= 0.6 is 11.6 Å². The normalized spacial score (nSPS) is 12.2. The molecule has 112 valence electrons. The van der Waals surface area contributed by atoms with E-state index in [-0.39, 0.29) is 6.04 Å². The van der Waals surface area contributed by atoms with E-state index in [1.54, 1.807) is 0 Å². The Morgan fingerprint density at radius 1 is 1.00 bits per heavy atom. The standard InChI is InChI=1S/C18H22ClNO/c1-12-5-6-18(16(19)10-12)21-11-17(20-4)15-8-13(2)7-14(3)9-15/h5-10,17,20H,11H2,1-4H3. The maximum absolute atomic E-state index is 6.21. The molecule has 0 radical (unpaired) electrons. The minimum absolute atomic E-state index is 0.140. The van der Waals surface area contributed by atoms with Crippen molar-refractivity contribution < 1.29 is 4.74 Å². The second-order valence-electron chi connectivity index (χ2n) is 5.51. The molecule has 0 bridgehead atoms. The molecule has 3 heteroatoms. The van der Waals surface area contributed by atoms with Gasteiger partial charge in [0.1, 0.15) is 12.4 Å². The highest BCUT2D eigenvalue weighted by Crippen LogP contribution is 2.26. The van der Waals surface area contributed by atoms with Crippen LogP contribution in [0.1, 0.15) is 28.3 Å². The van der Waals surface area contributed by atoms with E-state index in [2.05, 4.69) is 37.4 Å². The molecule has 1 N–H and O–H groups in total. The van der Waals surface area contributed by atoms with Crippen LogP contribution in [0.5, 0.6) is 5.75 Å². The molecule has 0 aliphatic heterocycles. The number of ether oxygens (including phenoxy) is 1.